The molecule has 0 saturated heterocycles. The van der Waals surface area contributed by atoms with E-state index in [4.69, 9.17) is 5.11 Å². The zero-order valence-corrected chi connectivity index (χ0v) is 11.8. The molecule has 0 aliphatic rings. The van der Waals surface area contributed by atoms with E-state index < -0.39 is 0 Å². The summed E-state index contributed by atoms with van der Waals surface area (Å²) in [6.45, 7) is 5.22. The number of nitrogens with zero attached hydrogens (tertiary/aromatic N) is 1. The minimum atomic E-state index is 0.191. The number of carbonyl (C=O) groups is 1. The van der Waals surface area contributed by atoms with E-state index in [0.29, 0.717) is 11.6 Å². The minimum Gasteiger partial charge on any atom is -0.396 e. The Hall–Kier alpha value is -0.870. The first-order chi connectivity index (χ1) is 8.10. The van der Waals surface area contributed by atoms with Gasteiger partial charge in [0, 0.05) is 34.9 Å². The van der Waals surface area contributed by atoms with Crippen LogP contribution in [0.15, 0.2) is 22.7 Å². The molecule has 0 amide bonds. The molecule has 1 N–H and O–H groups in total. The van der Waals surface area contributed by atoms with Crippen LogP contribution in [0.5, 0.6) is 0 Å². The molecular weight excluding hydrogens is 282 g/mol. The van der Waals surface area contributed by atoms with Crippen molar-refractivity contribution in [3.63, 3.8) is 0 Å². The summed E-state index contributed by atoms with van der Waals surface area (Å²) in [6, 6.07) is 6.05. The summed E-state index contributed by atoms with van der Waals surface area (Å²) < 4.78 is 0.805. The Kier molecular flexibility index (Phi) is 5.65. The van der Waals surface area contributed by atoms with Crippen molar-refractivity contribution >= 4 is 27.9 Å². The van der Waals surface area contributed by atoms with E-state index in [2.05, 4.69) is 34.7 Å². The maximum Gasteiger partial charge on any atom is 0.151 e. The number of hydrogen-bond acceptors (Lipinski definition) is 3. The van der Waals surface area contributed by atoms with Gasteiger partial charge in [0.05, 0.1) is 0 Å². The molecule has 94 valence electrons. The lowest BCUT2D eigenvalue weighted by Crippen LogP contribution is -2.32. The summed E-state index contributed by atoms with van der Waals surface area (Å²) >= 11 is 3.39. The Balaban J connectivity index is 2.94. The van der Waals surface area contributed by atoms with Gasteiger partial charge in [-0.25, -0.2) is 0 Å². The van der Waals surface area contributed by atoms with E-state index in [1.54, 1.807) is 6.07 Å². The van der Waals surface area contributed by atoms with Gasteiger partial charge in [-0.05, 0) is 54.4 Å². The van der Waals surface area contributed by atoms with Crippen LogP contribution in [0.2, 0.25) is 0 Å². The molecule has 0 heterocycles. The van der Waals surface area contributed by atoms with E-state index in [1.807, 2.05) is 12.1 Å². The molecule has 0 fully saturated rings. The normalized spacial score (nSPS) is 10.6. The summed E-state index contributed by atoms with van der Waals surface area (Å²) in [5.74, 6) is 0. The van der Waals surface area contributed by atoms with Crippen molar-refractivity contribution in [2.24, 2.45) is 0 Å². The number of halogens is 1. The maximum absolute atomic E-state index is 10.7. The van der Waals surface area contributed by atoms with Crippen molar-refractivity contribution < 1.29 is 9.90 Å². The first kappa shape index (κ1) is 14.2. The van der Waals surface area contributed by atoms with E-state index in [-0.39, 0.29) is 6.61 Å². The average molecular weight is 300 g/mol. The highest BCUT2D eigenvalue weighted by molar-refractivity contribution is 9.10. The van der Waals surface area contributed by atoms with Crippen LogP contribution >= 0.6 is 15.9 Å². The molecule has 0 saturated carbocycles. The number of benzene rings is 1. The van der Waals surface area contributed by atoms with Gasteiger partial charge in [-0.1, -0.05) is 0 Å². The highest BCUT2D eigenvalue weighted by atomic mass is 79.9. The molecule has 0 aliphatic carbocycles. The van der Waals surface area contributed by atoms with Crippen molar-refractivity contribution in [1.29, 1.82) is 0 Å². The summed E-state index contributed by atoms with van der Waals surface area (Å²) in [7, 11) is 0. The fourth-order valence-corrected chi connectivity index (χ4v) is 2.18. The fourth-order valence-electron chi connectivity index (χ4n) is 1.72. The molecule has 1 rings (SSSR count). The first-order valence-electron chi connectivity index (χ1n) is 5.72. The van der Waals surface area contributed by atoms with Gasteiger partial charge in [-0.15, -0.1) is 0 Å². The quantitative estimate of drug-likeness (QED) is 0.821. The third kappa shape index (κ3) is 3.82. The Morgan fingerprint density at radius 1 is 1.47 bits per heavy atom. The van der Waals surface area contributed by atoms with Crippen molar-refractivity contribution in [2.45, 2.75) is 26.3 Å². The molecule has 4 heteroatoms. The smallest absolute Gasteiger partial charge is 0.151 e. The number of carbonyl (C=O) groups excluding carboxylic acids is 1. The number of aldehydes is 1. The second-order valence-electron chi connectivity index (χ2n) is 4.19. The number of rotatable bonds is 6. The Morgan fingerprint density at radius 3 is 2.65 bits per heavy atom. The molecule has 0 atom stereocenters. The third-order valence-corrected chi connectivity index (χ3v) is 3.31. The summed E-state index contributed by atoms with van der Waals surface area (Å²) in [5.41, 5.74) is 1.71. The molecule has 1 aromatic rings. The molecule has 1 aromatic carbocycles. The van der Waals surface area contributed by atoms with Gasteiger partial charge in [-0.2, -0.15) is 0 Å². The first-order valence-corrected chi connectivity index (χ1v) is 6.51. The minimum absolute atomic E-state index is 0.191. The lowest BCUT2D eigenvalue weighted by molar-refractivity contribution is 0.112. The molecule has 0 aromatic heterocycles. The maximum atomic E-state index is 10.7. The molecule has 3 nitrogen and oxygen atoms in total. The molecule has 0 spiro atoms. The predicted molar refractivity (Wildman–Crippen MR) is 73.7 cm³/mol. The van der Waals surface area contributed by atoms with Crippen LogP contribution in [0.4, 0.5) is 5.69 Å². The van der Waals surface area contributed by atoms with Gasteiger partial charge in [0.1, 0.15) is 0 Å². The van der Waals surface area contributed by atoms with Crippen molar-refractivity contribution in [2.75, 3.05) is 18.1 Å². The van der Waals surface area contributed by atoms with E-state index in [0.717, 1.165) is 29.4 Å². The molecule has 17 heavy (non-hydrogen) atoms. The van der Waals surface area contributed by atoms with Gasteiger partial charge >= 0.3 is 0 Å². The lowest BCUT2D eigenvalue weighted by Gasteiger charge is -2.29. The van der Waals surface area contributed by atoms with Crippen LogP contribution < -0.4 is 4.90 Å². The summed E-state index contributed by atoms with van der Waals surface area (Å²) in [6.07, 6.45) is 1.58. The highest BCUT2D eigenvalue weighted by Gasteiger charge is 2.11. The molecular formula is C13H18BrNO2. The zero-order valence-electron chi connectivity index (χ0n) is 10.2. The van der Waals surface area contributed by atoms with Gasteiger partial charge in [-0.3, -0.25) is 4.79 Å². The van der Waals surface area contributed by atoms with E-state index in [9.17, 15) is 4.79 Å². The second-order valence-corrected chi connectivity index (χ2v) is 5.04. The van der Waals surface area contributed by atoms with Gasteiger partial charge in [0.2, 0.25) is 0 Å². The predicted octanol–water partition coefficient (Wildman–Crippen LogP) is 2.86. The number of aliphatic hydroxyl groups is 1. The SMILES string of the molecule is CC(C)N(CCCO)c1ccc(C=O)c(Br)c1. The van der Waals surface area contributed by atoms with Crippen molar-refractivity contribution in [3.05, 3.63) is 28.2 Å². The topological polar surface area (TPSA) is 40.5 Å². The fraction of sp³-hybridized carbons (Fsp3) is 0.462. The van der Waals surface area contributed by atoms with Crippen LogP contribution in [0.25, 0.3) is 0 Å². The summed E-state index contributed by atoms with van der Waals surface area (Å²) in [4.78, 5) is 12.9. The molecule has 0 radical (unpaired) electrons. The third-order valence-electron chi connectivity index (χ3n) is 2.62. The zero-order chi connectivity index (χ0) is 12.8. The highest BCUT2D eigenvalue weighted by Crippen LogP contribution is 2.24. The molecule has 0 bridgehead atoms. The van der Waals surface area contributed by atoms with Crippen LogP contribution in [-0.4, -0.2) is 30.6 Å². The van der Waals surface area contributed by atoms with Crippen LogP contribution in [0.3, 0.4) is 0 Å². The van der Waals surface area contributed by atoms with Gasteiger partial charge < -0.3 is 10.0 Å². The van der Waals surface area contributed by atoms with Crippen LogP contribution in [-0.2, 0) is 0 Å². The Morgan fingerprint density at radius 2 is 2.18 bits per heavy atom. The molecule has 0 unspecified atom stereocenters. The Labute approximate surface area is 111 Å². The van der Waals surface area contributed by atoms with Crippen molar-refractivity contribution in [3.8, 4) is 0 Å². The number of hydrogen-bond donors (Lipinski definition) is 1. The van der Waals surface area contributed by atoms with Crippen LogP contribution in [0, 0.1) is 0 Å². The van der Waals surface area contributed by atoms with Gasteiger partial charge in [0.15, 0.2) is 6.29 Å². The number of anilines is 1. The Bertz CT molecular complexity index is 380. The van der Waals surface area contributed by atoms with E-state index >= 15 is 0 Å². The summed E-state index contributed by atoms with van der Waals surface area (Å²) in [5, 5.41) is 8.90. The second kappa shape index (κ2) is 6.77. The lowest BCUT2D eigenvalue weighted by atomic mass is 10.1. The molecule has 0 aliphatic heterocycles. The standard InChI is InChI=1S/C13H18BrNO2/c1-10(2)15(6-3-7-16)12-5-4-11(9-17)13(14)8-12/h4-5,8-10,16H,3,6-7H2,1-2H3. The van der Waals surface area contributed by atoms with E-state index in [1.165, 1.54) is 0 Å². The largest absolute Gasteiger partial charge is 0.396 e. The number of aliphatic hydroxyl groups excluding tert-OH is 1. The average Bonchev–Trinajstić information content (AvgIpc) is 2.29. The van der Waals surface area contributed by atoms with Gasteiger partial charge in [0.25, 0.3) is 0 Å². The van der Waals surface area contributed by atoms with Crippen molar-refractivity contribution in [1.82, 2.24) is 0 Å². The van der Waals surface area contributed by atoms with Crippen LogP contribution in [0.1, 0.15) is 30.6 Å². The monoisotopic (exact) mass is 299 g/mol.